The number of aliphatic carboxylic acids is 1. The van der Waals surface area contributed by atoms with Crippen molar-refractivity contribution in [1.82, 2.24) is 15.5 Å². The standard InChI is InChI=1S/C23H29N3O6S2/c1-23(2,3)32-22(31)24-15(13-8-6-5-7-9-13)10-16(27)25-17-19(28)26-18(21(29)30)14(11-33-4)12-34-20(17)26/h5-9,15,17,20H,10-12H2,1-4H3,(H,24,31)(H,25,27)(H,29,30)/t15?,17?,20-/m0/s1. The van der Waals surface area contributed by atoms with Crippen LogP contribution in [0.15, 0.2) is 41.6 Å². The smallest absolute Gasteiger partial charge is 0.408 e. The SMILES string of the molecule is CSCC1=C(C(=O)O)N2C(=O)C(NC(=O)CC(NC(=O)OC(C)(C)C)c3ccccc3)[C@@H]2SC1. The lowest BCUT2D eigenvalue weighted by molar-refractivity contribution is -0.150. The first kappa shape index (κ1) is 26.0. The molecule has 9 nitrogen and oxygen atoms in total. The van der Waals surface area contributed by atoms with Crippen molar-refractivity contribution in [3.8, 4) is 0 Å². The first-order valence-corrected chi connectivity index (χ1v) is 13.2. The molecule has 0 spiro atoms. The predicted molar refractivity (Wildman–Crippen MR) is 131 cm³/mol. The molecule has 3 atom stereocenters. The highest BCUT2D eigenvalue weighted by Gasteiger charge is 2.54. The van der Waals surface area contributed by atoms with Gasteiger partial charge in [0, 0.05) is 11.5 Å². The van der Waals surface area contributed by atoms with E-state index < -0.39 is 46.9 Å². The van der Waals surface area contributed by atoms with Gasteiger partial charge >= 0.3 is 12.1 Å². The summed E-state index contributed by atoms with van der Waals surface area (Å²) in [6, 6.07) is 7.53. The maximum Gasteiger partial charge on any atom is 0.408 e. The number of thioether (sulfide) groups is 2. The van der Waals surface area contributed by atoms with Crippen molar-refractivity contribution in [3.05, 3.63) is 47.2 Å². The molecule has 1 saturated heterocycles. The lowest BCUT2D eigenvalue weighted by Crippen LogP contribution is -2.70. The van der Waals surface area contributed by atoms with Gasteiger partial charge in [-0.1, -0.05) is 30.3 Å². The van der Waals surface area contributed by atoms with Gasteiger partial charge in [0.2, 0.25) is 5.91 Å². The average molecular weight is 508 g/mol. The number of carbonyl (C=O) groups excluding carboxylic acids is 3. The number of amides is 3. The Kier molecular flexibility index (Phi) is 8.19. The lowest BCUT2D eigenvalue weighted by Gasteiger charge is -2.49. The molecule has 1 fully saturated rings. The molecule has 34 heavy (non-hydrogen) atoms. The number of carboxylic acid groups (broad SMARTS) is 1. The molecule has 3 N–H and O–H groups in total. The number of rotatable bonds is 8. The highest BCUT2D eigenvalue weighted by molar-refractivity contribution is 8.00. The van der Waals surface area contributed by atoms with Crippen LogP contribution in [0.2, 0.25) is 0 Å². The van der Waals surface area contributed by atoms with Crippen LogP contribution in [0.3, 0.4) is 0 Å². The van der Waals surface area contributed by atoms with Crippen molar-refractivity contribution < 1.29 is 29.0 Å². The number of carboxylic acids is 1. The quantitative estimate of drug-likeness (QED) is 0.459. The summed E-state index contributed by atoms with van der Waals surface area (Å²) in [7, 11) is 0. The molecule has 0 saturated carbocycles. The molecule has 2 aliphatic heterocycles. The Morgan fingerprint density at radius 2 is 1.94 bits per heavy atom. The maximum absolute atomic E-state index is 12.9. The fourth-order valence-corrected chi connectivity index (χ4v) is 5.84. The normalized spacial score (nSPS) is 20.7. The Morgan fingerprint density at radius 3 is 2.53 bits per heavy atom. The summed E-state index contributed by atoms with van der Waals surface area (Å²) < 4.78 is 5.33. The molecule has 2 unspecified atom stereocenters. The number of hydrogen-bond donors (Lipinski definition) is 3. The van der Waals surface area contributed by atoms with Crippen molar-refractivity contribution in [2.45, 2.75) is 50.3 Å². The van der Waals surface area contributed by atoms with Crippen LogP contribution in [0.1, 0.15) is 38.8 Å². The molecule has 0 aliphatic carbocycles. The molecular weight excluding hydrogens is 478 g/mol. The van der Waals surface area contributed by atoms with E-state index in [1.807, 2.05) is 12.3 Å². The number of nitrogens with zero attached hydrogens (tertiary/aromatic N) is 1. The van der Waals surface area contributed by atoms with Crippen LogP contribution in [0.5, 0.6) is 0 Å². The van der Waals surface area contributed by atoms with E-state index >= 15 is 0 Å². The minimum atomic E-state index is -1.14. The van der Waals surface area contributed by atoms with Crippen LogP contribution in [0.4, 0.5) is 4.79 Å². The number of nitrogens with one attached hydrogen (secondary N) is 2. The van der Waals surface area contributed by atoms with Crippen LogP contribution in [0.25, 0.3) is 0 Å². The van der Waals surface area contributed by atoms with Crippen molar-refractivity contribution >= 4 is 47.4 Å². The van der Waals surface area contributed by atoms with E-state index in [4.69, 9.17) is 4.74 Å². The molecule has 0 bridgehead atoms. The van der Waals surface area contributed by atoms with Crippen LogP contribution in [-0.2, 0) is 19.1 Å². The van der Waals surface area contributed by atoms with E-state index in [-0.39, 0.29) is 12.1 Å². The Morgan fingerprint density at radius 1 is 1.26 bits per heavy atom. The lowest BCUT2D eigenvalue weighted by atomic mass is 10.0. The first-order chi connectivity index (χ1) is 16.0. The van der Waals surface area contributed by atoms with Gasteiger partial charge in [-0.3, -0.25) is 14.5 Å². The fraction of sp³-hybridized carbons (Fsp3) is 0.478. The third kappa shape index (κ3) is 6.06. The number of carbonyl (C=O) groups is 4. The van der Waals surface area contributed by atoms with Crippen LogP contribution >= 0.6 is 23.5 Å². The molecule has 184 valence electrons. The summed E-state index contributed by atoms with van der Waals surface area (Å²) in [5.41, 5.74) is 0.736. The molecule has 11 heteroatoms. The summed E-state index contributed by atoms with van der Waals surface area (Å²) in [5.74, 6) is -1.01. The van der Waals surface area contributed by atoms with Crippen LogP contribution in [-0.4, -0.2) is 68.7 Å². The van der Waals surface area contributed by atoms with Gasteiger partial charge in [0.1, 0.15) is 22.7 Å². The highest BCUT2D eigenvalue weighted by Crippen LogP contribution is 2.41. The van der Waals surface area contributed by atoms with Crippen molar-refractivity contribution in [3.63, 3.8) is 0 Å². The number of β-lactam (4-membered cyclic amide) rings is 1. The zero-order valence-corrected chi connectivity index (χ0v) is 21.1. The molecule has 2 aliphatic rings. The Bertz CT molecular complexity index is 992. The van der Waals surface area contributed by atoms with Gasteiger partial charge in [-0.2, -0.15) is 11.8 Å². The second-order valence-electron chi connectivity index (χ2n) is 8.96. The van der Waals surface area contributed by atoms with Gasteiger partial charge in [0.25, 0.3) is 5.91 Å². The van der Waals surface area contributed by atoms with Crippen molar-refractivity contribution in [2.24, 2.45) is 0 Å². The van der Waals surface area contributed by atoms with Crippen LogP contribution < -0.4 is 10.6 Å². The van der Waals surface area contributed by atoms with E-state index in [1.165, 1.54) is 28.4 Å². The van der Waals surface area contributed by atoms with E-state index in [9.17, 15) is 24.3 Å². The first-order valence-electron chi connectivity index (χ1n) is 10.7. The summed E-state index contributed by atoms with van der Waals surface area (Å²) in [5, 5.41) is 14.6. The monoisotopic (exact) mass is 507 g/mol. The summed E-state index contributed by atoms with van der Waals surface area (Å²) >= 11 is 2.93. The number of fused-ring (bicyclic) bond motifs is 1. The minimum Gasteiger partial charge on any atom is -0.477 e. The summed E-state index contributed by atoms with van der Waals surface area (Å²) in [6.07, 6.45) is 1.11. The zero-order valence-electron chi connectivity index (χ0n) is 19.5. The highest BCUT2D eigenvalue weighted by atomic mass is 32.2. The second-order valence-corrected chi connectivity index (χ2v) is 10.9. The predicted octanol–water partition coefficient (Wildman–Crippen LogP) is 2.74. The molecule has 2 heterocycles. The van der Waals surface area contributed by atoms with E-state index in [0.717, 1.165) is 5.56 Å². The van der Waals surface area contributed by atoms with Crippen molar-refractivity contribution in [2.75, 3.05) is 17.8 Å². The molecule has 1 aromatic rings. The number of ether oxygens (including phenoxy) is 1. The molecule has 1 aromatic carbocycles. The minimum absolute atomic E-state index is 0.0161. The topological polar surface area (TPSA) is 125 Å². The second kappa shape index (κ2) is 10.7. The Balaban J connectivity index is 1.69. The molecule has 0 radical (unpaired) electrons. The fourth-order valence-electron chi connectivity index (χ4n) is 3.77. The van der Waals surface area contributed by atoms with Gasteiger partial charge in [-0.15, -0.1) is 11.8 Å². The number of benzene rings is 1. The third-order valence-corrected chi connectivity index (χ3v) is 7.14. The summed E-state index contributed by atoms with van der Waals surface area (Å²) in [4.78, 5) is 51.1. The maximum atomic E-state index is 12.9. The average Bonchev–Trinajstić information content (AvgIpc) is 2.76. The zero-order chi connectivity index (χ0) is 25.0. The van der Waals surface area contributed by atoms with Gasteiger partial charge < -0.3 is 20.5 Å². The largest absolute Gasteiger partial charge is 0.477 e. The van der Waals surface area contributed by atoms with E-state index in [2.05, 4.69) is 10.6 Å². The van der Waals surface area contributed by atoms with Gasteiger partial charge in [0.15, 0.2) is 0 Å². The molecule has 0 aromatic heterocycles. The van der Waals surface area contributed by atoms with Gasteiger partial charge in [-0.05, 0) is 38.2 Å². The number of hydrogen-bond acceptors (Lipinski definition) is 7. The van der Waals surface area contributed by atoms with E-state index in [1.54, 1.807) is 45.0 Å². The summed E-state index contributed by atoms with van der Waals surface area (Å²) in [6.45, 7) is 5.24. The van der Waals surface area contributed by atoms with E-state index in [0.29, 0.717) is 17.1 Å². The Hall–Kier alpha value is -2.66. The molecular formula is C23H29N3O6S2. The Labute approximate surface area is 207 Å². The van der Waals surface area contributed by atoms with Gasteiger partial charge in [0.05, 0.1) is 12.5 Å². The molecule has 3 amide bonds. The van der Waals surface area contributed by atoms with Crippen LogP contribution in [0, 0.1) is 0 Å². The third-order valence-electron chi connectivity index (χ3n) is 5.17. The van der Waals surface area contributed by atoms with Gasteiger partial charge in [-0.25, -0.2) is 9.59 Å². The van der Waals surface area contributed by atoms with Crippen molar-refractivity contribution in [1.29, 1.82) is 0 Å². The molecule has 3 rings (SSSR count). The number of alkyl carbamates (subject to hydrolysis) is 1.